The second-order valence-corrected chi connectivity index (χ2v) is 6.06. The van der Waals surface area contributed by atoms with E-state index in [4.69, 9.17) is 0 Å². The number of unbranched alkanes of at least 4 members (excludes halogenated alkanes) is 1. The number of carbonyl (C=O) groups excluding carboxylic acids is 1. The number of amides is 1. The van der Waals surface area contributed by atoms with E-state index in [-0.39, 0.29) is 5.92 Å². The smallest absolute Gasteiger partial charge is 0.225 e. The van der Waals surface area contributed by atoms with Crippen molar-refractivity contribution in [3.8, 4) is 0 Å². The summed E-state index contributed by atoms with van der Waals surface area (Å²) in [6.07, 6.45) is 8.36. The van der Waals surface area contributed by atoms with Gasteiger partial charge in [0, 0.05) is 24.5 Å². The van der Waals surface area contributed by atoms with Gasteiger partial charge in [-0.1, -0.05) is 26.7 Å². The summed E-state index contributed by atoms with van der Waals surface area (Å²) in [5.41, 5.74) is 0. The molecule has 0 spiro atoms. The van der Waals surface area contributed by atoms with Crippen molar-refractivity contribution in [2.75, 3.05) is 13.1 Å². The van der Waals surface area contributed by atoms with Crippen LogP contribution >= 0.6 is 0 Å². The molecule has 104 valence electrons. The third-order valence-corrected chi connectivity index (χ3v) is 4.26. The summed E-state index contributed by atoms with van der Waals surface area (Å²) < 4.78 is 0. The molecule has 3 heteroatoms. The van der Waals surface area contributed by atoms with Crippen molar-refractivity contribution in [3.63, 3.8) is 0 Å². The number of nitrogens with zero attached hydrogens (tertiary/aromatic N) is 1. The summed E-state index contributed by atoms with van der Waals surface area (Å²) in [6, 6.07) is 1.11. The number of hydrogen-bond donors (Lipinski definition) is 1. The van der Waals surface area contributed by atoms with Gasteiger partial charge in [-0.2, -0.15) is 0 Å². The van der Waals surface area contributed by atoms with Crippen molar-refractivity contribution in [2.24, 2.45) is 5.92 Å². The van der Waals surface area contributed by atoms with E-state index in [2.05, 4.69) is 24.1 Å². The predicted octanol–water partition coefficient (Wildman–Crippen LogP) is 2.56. The van der Waals surface area contributed by atoms with Crippen LogP contribution in [0.25, 0.3) is 0 Å². The minimum absolute atomic E-state index is 0.215. The first-order chi connectivity index (χ1) is 8.72. The first-order valence-electron chi connectivity index (χ1n) is 7.76. The lowest BCUT2D eigenvalue weighted by molar-refractivity contribution is -0.136. The Balaban J connectivity index is 1.85. The number of nitrogens with one attached hydrogen (secondary N) is 1. The maximum absolute atomic E-state index is 12.5. The van der Waals surface area contributed by atoms with Crippen LogP contribution in [0.4, 0.5) is 0 Å². The third kappa shape index (κ3) is 3.71. The molecule has 2 fully saturated rings. The molecular weight excluding hydrogens is 224 g/mol. The van der Waals surface area contributed by atoms with Gasteiger partial charge in [-0.25, -0.2) is 0 Å². The minimum atomic E-state index is 0.215. The van der Waals surface area contributed by atoms with Crippen molar-refractivity contribution < 1.29 is 4.79 Å². The van der Waals surface area contributed by atoms with Gasteiger partial charge < -0.3 is 10.2 Å². The average Bonchev–Trinajstić information content (AvgIpc) is 3.09. The largest absolute Gasteiger partial charge is 0.338 e. The molecule has 2 rings (SSSR count). The summed E-state index contributed by atoms with van der Waals surface area (Å²) in [4.78, 5) is 14.7. The lowest BCUT2D eigenvalue weighted by Gasteiger charge is -2.28. The molecule has 0 radical (unpaired) electrons. The van der Waals surface area contributed by atoms with Crippen LogP contribution in [0.1, 0.15) is 58.8 Å². The number of carbonyl (C=O) groups is 1. The van der Waals surface area contributed by atoms with Crippen molar-refractivity contribution in [1.82, 2.24) is 10.2 Å². The molecule has 1 amide bonds. The highest BCUT2D eigenvalue weighted by Crippen LogP contribution is 2.29. The standard InChI is InChI=1S/C15H28N2O/c1-3-4-6-12(2)15(18)17(14-8-9-14)11-13-7-5-10-16-13/h12-14,16H,3-11H2,1-2H3. The summed E-state index contributed by atoms with van der Waals surface area (Å²) in [7, 11) is 0. The molecule has 3 nitrogen and oxygen atoms in total. The maximum Gasteiger partial charge on any atom is 0.225 e. The highest BCUT2D eigenvalue weighted by molar-refractivity contribution is 5.79. The second kappa shape index (κ2) is 6.55. The normalized spacial score (nSPS) is 25.1. The third-order valence-electron chi connectivity index (χ3n) is 4.26. The lowest BCUT2D eigenvalue weighted by Crippen LogP contribution is -2.44. The first kappa shape index (κ1) is 13.9. The SMILES string of the molecule is CCCCC(C)C(=O)N(CC1CCCN1)C1CC1. The molecule has 0 bridgehead atoms. The maximum atomic E-state index is 12.5. The van der Waals surface area contributed by atoms with Gasteiger partial charge in [-0.3, -0.25) is 4.79 Å². The second-order valence-electron chi connectivity index (χ2n) is 6.06. The summed E-state index contributed by atoms with van der Waals surface area (Å²) >= 11 is 0. The Morgan fingerprint density at radius 1 is 1.39 bits per heavy atom. The van der Waals surface area contributed by atoms with Gasteiger partial charge in [0.2, 0.25) is 5.91 Å². The van der Waals surface area contributed by atoms with E-state index in [1.807, 2.05) is 0 Å². The highest BCUT2D eigenvalue weighted by atomic mass is 16.2. The molecule has 1 N–H and O–H groups in total. The lowest BCUT2D eigenvalue weighted by atomic mass is 10.0. The van der Waals surface area contributed by atoms with Crippen LogP contribution in [0.15, 0.2) is 0 Å². The van der Waals surface area contributed by atoms with Crippen molar-refractivity contribution in [2.45, 2.75) is 70.9 Å². The fraction of sp³-hybridized carbons (Fsp3) is 0.933. The molecule has 0 aromatic heterocycles. The topological polar surface area (TPSA) is 32.3 Å². The van der Waals surface area contributed by atoms with E-state index in [1.165, 1.54) is 38.5 Å². The Morgan fingerprint density at radius 3 is 2.72 bits per heavy atom. The van der Waals surface area contributed by atoms with Crippen LogP contribution in [0.5, 0.6) is 0 Å². The molecule has 0 aromatic carbocycles. The van der Waals surface area contributed by atoms with E-state index in [9.17, 15) is 4.79 Å². The number of hydrogen-bond acceptors (Lipinski definition) is 2. The molecular formula is C15H28N2O. The Bertz CT molecular complexity index is 270. The van der Waals surface area contributed by atoms with Gasteiger partial charge in [-0.15, -0.1) is 0 Å². The fourth-order valence-electron chi connectivity index (χ4n) is 2.87. The summed E-state index contributed by atoms with van der Waals surface area (Å²) in [5.74, 6) is 0.617. The van der Waals surface area contributed by atoms with Crippen LogP contribution in [0.3, 0.4) is 0 Å². The summed E-state index contributed by atoms with van der Waals surface area (Å²) in [5, 5.41) is 3.51. The Hall–Kier alpha value is -0.570. The highest BCUT2D eigenvalue weighted by Gasteiger charge is 2.35. The van der Waals surface area contributed by atoms with E-state index in [0.717, 1.165) is 19.5 Å². The van der Waals surface area contributed by atoms with Gasteiger partial charge in [0.05, 0.1) is 0 Å². The average molecular weight is 252 g/mol. The molecule has 18 heavy (non-hydrogen) atoms. The minimum Gasteiger partial charge on any atom is -0.338 e. The predicted molar refractivity (Wildman–Crippen MR) is 74.4 cm³/mol. The molecule has 2 atom stereocenters. The Kier molecular flexibility index (Phi) is 5.04. The zero-order chi connectivity index (χ0) is 13.0. The van der Waals surface area contributed by atoms with Crippen molar-refractivity contribution in [3.05, 3.63) is 0 Å². The zero-order valence-electron chi connectivity index (χ0n) is 12.0. The van der Waals surface area contributed by atoms with Crippen LogP contribution < -0.4 is 5.32 Å². The molecule has 1 saturated carbocycles. The van der Waals surface area contributed by atoms with Crippen LogP contribution in [0, 0.1) is 5.92 Å². The summed E-state index contributed by atoms with van der Waals surface area (Å²) in [6.45, 7) is 6.37. The van der Waals surface area contributed by atoms with E-state index >= 15 is 0 Å². The van der Waals surface area contributed by atoms with Gasteiger partial charge >= 0.3 is 0 Å². The van der Waals surface area contributed by atoms with Crippen LogP contribution in [-0.2, 0) is 4.79 Å². The van der Waals surface area contributed by atoms with Gasteiger partial charge in [0.25, 0.3) is 0 Å². The van der Waals surface area contributed by atoms with E-state index in [1.54, 1.807) is 0 Å². The van der Waals surface area contributed by atoms with Crippen LogP contribution in [0.2, 0.25) is 0 Å². The van der Waals surface area contributed by atoms with Crippen molar-refractivity contribution >= 4 is 5.91 Å². The fourth-order valence-corrected chi connectivity index (χ4v) is 2.87. The Morgan fingerprint density at radius 2 is 2.17 bits per heavy atom. The zero-order valence-corrected chi connectivity index (χ0v) is 12.0. The molecule has 2 aliphatic rings. The monoisotopic (exact) mass is 252 g/mol. The van der Waals surface area contributed by atoms with E-state index in [0.29, 0.717) is 18.0 Å². The molecule has 0 aromatic rings. The Labute approximate surface area is 111 Å². The quantitative estimate of drug-likeness (QED) is 0.755. The molecule has 1 aliphatic heterocycles. The van der Waals surface area contributed by atoms with Crippen molar-refractivity contribution in [1.29, 1.82) is 0 Å². The number of rotatable bonds is 7. The molecule has 2 unspecified atom stereocenters. The van der Waals surface area contributed by atoms with E-state index < -0.39 is 0 Å². The first-order valence-corrected chi connectivity index (χ1v) is 7.76. The van der Waals surface area contributed by atoms with Gasteiger partial charge in [0.15, 0.2) is 0 Å². The molecule has 1 aliphatic carbocycles. The van der Waals surface area contributed by atoms with Gasteiger partial charge in [-0.05, 0) is 38.6 Å². The molecule has 1 heterocycles. The molecule has 1 saturated heterocycles. The van der Waals surface area contributed by atoms with Crippen LogP contribution in [-0.4, -0.2) is 36.0 Å². The van der Waals surface area contributed by atoms with Gasteiger partial charge in [0.1, 0.15) is 0 Å².